The van der Waals surface area contributed by atoms with Crippen LogP contribution in [0, 0.1) is 0 Å². The van der Waals surface area contributed by atoms with Gasteiger partial charge in [-0.05, 0) is 54.4 Å². The molecule has 0 saturated heterocycles. The number of nitrogens with zero attached hydrogens (tertiary/aromatic N) is 4. The number of amides is 2. The number of carbonyl (C=O) groups is 3. The molecular weight excluding hydrogens is 518 g/mol. The number of carbonyl (C=O) groups excluding carboxylic acids is 3. The Labute approximate surface area is 237 Å². The fraction of sp³-hybridized carbons (Fsp3) is 0.156. The summed E-state index contributed by atoms with van der Waals surface area (Å²) in [6, 6.07) is 29.5. The van der Waals surface area contributed by atoms with E-state index >= 15 is 0 Å². The Morgan fingerprint density at radius 3 is 2.41 bits per heavy atom. The maximum atomic E-state index is 14.3. The standard InChI is InChI=1S/C32H29N5O4/c1-22(38)26-15-6-8-17-28(26)37(30(39)21-36-29-18-9-7-16-27(29)34-35-36)31(24-13-10-14-25(19-24)41-2)32(40)33-20-23-11-4-3-5-12-23/h3-19,31H,20-21H2,1-2H3,(H,33,40)/t31-/m1/s1. The molecule has 5 aromatic rings. The predicted octanol–water partition coefficient (Wildman–Crippen LogP) is 4.73. The van der Waals surface area contributed by atoms with Crippen LogP contribution in [0.15, 0.2) is 103 Å². The van der Waals surface area contributed by atoms with E-state index in [2.05, 4.69) is 15.6 Å². The van der Waals surface area contributed by atoms with Gasteiger partial charge in [-0.3, -0.25) is 19.3 Å². The number of anilines is 1. The van der Waals surface area contributed by atoms with Crippen LogP contribution in [0.25, 0.3) is 11.0 Å². The van der Waals surface area contributed by atoms with Gasteiger partial charge in [0, 0.05) is 12.1 Å². The first kappa shape index (κ1) is 27.3. The van der Waals surface area contributed by atoms with Crippen molar-refractivity contribution in [3.8, 4) is 5.75 Å². The Balaban J connectivity index is 1.62. The molecule has 0 saturated carbocycles. The van der Waals surface area contributed by atoms with Crippen LogP contribution in [0.4, 0.5) is 5.69 Å². The van der Waals surface area contributed by atoms with Gasteiger partial charge in [-0.1, -0.05) is 71.9 Å². The van der Waals surface area contributed by atoms with E-state index in [9.17, 15) is 14.4 Å². The molecule has 4 aromatic carbocycles. The fourth-order valence-corrected chi connectivity index (χ4v) is 4.75. The van der Waals surface area contributed by atoms with E-state index in [0.29, 0.717) is 33.6 Å². The van der Waals surface area contributed by atoms with Crippen molar-refractivity contribution < 1.29 is 19.1 Å². The number of para-hydroxylation sites is 2. The summed E-state index contributed by atoms with van der Waals surface area (Å²) in [5.74, 6) is -0.578. The highest BCUT2D eigenvalue weighted by Crippen LogP contribution is 2.33. The van der Waals surface area contributed by atoms with E-state index in [-0.39, 0.29) is 18.9 Å². The molecule has 1 N–H and O–H groups in total. The molecule has 1 aromatic heterocycles. The van der Waals surface area contributed by atoms with Crippen LogP contribution in [-0.4, -0.2) is 39.7 Å². The molecule has 206 valence electrons. The van der Waals surface area contributed by atoms with Gasteiger partial charge in [0.15, 0.2) is 5.78 Å². The Morgan fingerprint density at radius 1 is 0.902 bits per heavy atom. The number of ether oxygens (including phenoxy) is 1. The smallest absolute Gasteiger partial charge is 0.249 e. The number of rotatable bonds is 10. The van der Waals surface area contributed by atoms with E-state index in [1.54, 1.807) is 48.5 Å². The summed E-state index contributed by atoms with van der Waals surface area (Å²) in [4.78, 5) is 42.5. The number of hydrogen-bond donors (Lipinski definition) is 1. The molecule has 41 heavy (non-hydrogen) atoms. The van der Waals surface area contributed by atoms with Crippen molar-refractivity contribution in [1.29, 1.82) is 0 Å². The molecule has 9 heteroatoms. The first-order chi connectivity index (χ1) is 20.0. The zero-order valence-corrected chi connectivity index (χ0v) is 22.7. The molecular formula is C32H29N5O4. The lowest BCUT2D eigenvalue weighted by molar-refractivity contribution is -0.127. The lowest BCUT2D eigenvalue weighted by Gasteiger charge is -2.32. The molecule has 5 rings (SSSR count). The van der Waals surface area contributed by atoms with Crippen LogP contribution >= 0.6 is 0 Å². The minimum absolute atomic E-state index is 0.209. The number of methoxy groups -OCH3 is 1. The molecule has 0 radical (unpaired) electrons. The second kappa shape index (κ2) is 12.3. The summed E-state index contributed by atoms with van der Waals surface area (Å²) in [6.07, 6.45) is 0. The average molecular weight is 548 g/mol. The van der Waals surface area contributed by atoms with Crippen molar-refractivity contribution in [3.63, 3.8) is 0 Å². The number of aromatic nitrogens is 3. The lowest BCUT2D eigenvalue weighted by Crippen LogP contribution is -2.45. The van der Waals surface area contributed by atoms with Gasteiger partial charge in [-0.25, -0.2) is 4.68 Å². The third-order valence-electron chi connectivity index (χ3n) is 6.74. The highest BCUT2D eigenvalue weighted by molar-refractivity contribution is 6.08. The zero-order chi connectivity index (χ0) is 28.8. The predicted molar refractivity (Wildman–Crippen MR) is 155 cm³/mol. The van der Waals surface area contributed by atoms with Crippen LogP contribution in [0.5, 0.6) is 5.75 Å². The third kappa shape index (κ3) is 5.99. The quantitative estimate of drug-likeness (QED) is 0.253. The number of ketones is 1. The first-order valence-corrected chi connectivity index (χ1v) is 13.1. The van der Waals surface area contributed by atoms with Crippen LogP contribution < -0.4 is 15.0 Å². The second-order valence-electron chi connectivity index (χ2n) is 9.46. The molecule has 0 fully saturated rings. The minimum Gasteiger partial charge on any atom is -0.497 e. The van der Waals surface area contributed by atoms with Gasteiger partial charge in [0.25, 0.3) is 0 Å². The zero-order valence-electron chi connectivity index (χ0n) is 22.7. The van der Waals surface area contributed by atoms with Crippen LogP contribution in [0.1, 0.15) is 34.5 Å². The van der Waals surface area contributed by atoms with E-state index in [1.165, 1.54) is 23.6 Å². The highest BCUT2D eigenvalue weighted by atomic mass is 16.5. The van der Waals surface area contributed by atoms with Gasteiger partial charge < -0.3 is 10.1 Å². The normalized spacial score (nSPS) is 11.6. The maximum absolute atomic E-state index is 14.3. The Morgan fingerprint density at radius 2 is 1.63 bits per heavy atom. The lowest BCUT2D eigenvalue weighted by atomic mass is 10.00. The van der Waals surface area contributed by atoms with Gasteiger partial charge in [-0.2, -0.15) is 0 Å². The fourth-order valence-electron chi connectivity index (χ4n) is 4.75. The van der Waals surface area contributed by atoms with Crippen molar-refractivity contribution in [2.24, 2.45) is 0 Å². The maximum Gasteiger partial charge on any atom is 0.249 e. The van der Waals surface area contributed by atoms with Gasteiger partial charge >= 0.3 is 0 Å². The number of Topliss-reactive ketones (excluding diaryl/α,β-unsaturated/α-hetero) is 1. The van der Waals surface area contributed by atoms with Crippen molar-refractivity contribution in [1.82, 2.24) is 20.3 Å². The second-order valence-corrected chi connectivity index (χ2v) is 9.46. The van der Waals surface area contributed by atoms with E-state index in [4.69, 9.17) is 4.74 Å². The monoisotopic (exact) mass is 547 g/mol. The molecule has 0 unspecified atom stereocenters. The SMILES string of the molecule is COc1cccc([C@H](C(=O)NCc2ccccc2)N(C(=O)Cn2nnc3ccccc32)c2ccccc2C(C)=O)c1. The number of nitrogens with one attached hydrogen (secondary N) is 1. The van der Waals surface area contributed by atoms with Crippen LogP contribution in [0.2, 0.25) is 0 Å². The van der Waals surface area contributed by atoms with Gasteiger partial charge in [0.05, 0.1) is 18.3 Å². The van der Waals surface area contributed by atoms with Crippen molar-refractivity contribution >= 4 is 34.3 Å². The summed E-state index contributed by atoms with van der Waals surface area (Å²) in [7, 11) is 1.54. The van der Waals surface area contributed by atoms with Crippen molar-refractivity contribution in [2.45, 2.75) is 26.1 Å². The summed E-state index contributed by atoms with van der Waals surface area (Å²) in [5, 5.41) is 11.3. The first-order valence-electron chi connectivity index (χ1n) is 13.1. The van der Waals surface area contributed by atoms with E-state index in [1.807, 2.05) is 54.6 Å². The summed E-state index contributed by atoms with van der Waals surface area (Å²) in [5.41, 5.74) is 3.37. The number of benzene rings is 4. The molecule has 2 amide bonds. The minimum atomic E-state index is -1.13. The van der Waals surface area contributed by atoms with Crippen molar-refractivity contribution in [2.75, 3.05) is 12.0 Å². The molecule has 1 atom stereocenters. The molecule has 1 heterocycles. The Kier molecular flexibility index (Phi) is 8.15. The van der Waals surface area contributed by atoms with E-state index < -0.39 is 17.9 Å². The molecule has 0 spiro atoms. The Hall–Kier alpha value is -5.31. The van der Waals surface area contributed by atoms with Gasteiger partial charge in [0.2, 0.25) is 11.8 Å². The Bertz CT molecular complexity index is 1700. The van der Waals surface area contributed by atoms with Crippen LogP contribution in [-0.2, 0) is 22.7 Å². The summed E-state index contributed by atoms with van der Waals surface area (Å²) in [6.45, 7) is 1.48. The van der Waals surface area contributed by atoms with Crippen molar-refractivity contribution in [3.05, 3.63) is 120 Å². The summed E-state index contributed by atoms with van der Waals surface area (Å²) >= 11 is 0. The third-order valence-corrected chi connectivity index (χ3v) is 6.74. The molecule has 9 nitrogen and oxygen atoms in total. The molecule has 0 aliphatic rings. The average Bonchev–Trinajstić information content (AvgIpc) is 3.41. The molecule has 0 bridgehead atoms. The van der Waals surface area contributed by atoms with Crippen LogP contribution in [0.3, 0.4) is 0 Å². The van der Waals surface area contributed by atoms with E-state index in [0.717, 1.165) is 5.56 Å². The topological polar surface area (TPSA) is 106 Å². The molecule has 0 aliphatic heterocycles. The summed E-state index contributed by atoms with van der Waals surface area (Å²) < 4.78 is 6.94. The van der Waals surface area contributed by atoms with Gasteiger partial charge in [0.1, 0.15) is 23.9 Å². The van der Waals surface area contributed by atoms with Gasteiger partial charge in [-0.15, -0.1) is 5.10 Å². The number of fused-ring (bicyclic) bond motifs is 1. The largest absolute Gasteiger partial charge is 0.497 e. The molecule has 0 aliphatic carbocycles. The number of hydrogen-bond acceptors (Lipinski definition) is 6. The highest BCUT2D eigenvalue weighted by Gasteiger charge is 2.35.